The molecule has 0 saturated heterocycles. The third kappa shape index (κ3) is 3.95. The summed E-state index contributed by atoms with van der Waals surface area (Å²) >= 11 is 0. The van der Waals surface area contributed by atoms with E-state index in [1.165, 1.54) is 0 Å². The number of anilines is 3. The molecule has 0 saturated carbocycles. The molecule has 1 rings (SSSR count). The lowest BCUT2D eigenvalue weighted by Gasteiger charge is -2.22. The van der Waals surface area contributed by atoms with Gasteiger partial charge in [-0.25, -0.2) is 0 Å². The molecular weight excluding hydrogens is 242 g/mol. The molecule has 0 amide bonds. The van der Waals surface area contributed by atoms with Crippen LogP contribution in [0.5, 0.6) is 0 Å². The second-order valence-corrected chi connectivity index (χ2v) is 4.01. The smallest absolute Gasteiger partial charge is 0.231 e. The zero-order chi connectivity index (χ0) is 14.3. The van der Waals surface area contributed by atoms with E-state index < -0.39 is 0 Å². The molecule has 0 fully saturated rings. The molecule has 19 heavy (non-hydrogen) atoms. The predicted molar refractivity (Wildman–Crippen MR) is 76.4 cm³/mol. The minimum Gasteiger partial charge on any atom is -0.357 e. The van der Waals surface area contributed by atoms with E-state index in [9.17, 15) is 0 Å². The molecule has 0 aromatic carbocycles. The van der Waals surface area contributed by atoms with Crippen molar-refractivity contribution in [3.8, 4) is 6.07 Å². The molecule has 0 unspecified atom stereocenters. The van der Waals surface area contributed by atoms with E-state index in [0.717, 1.165) is 13.1 Å². The van der Waals surface area contributed by atoms with Gasteiger partial charge in [-0.2, -0.15) is 20.2 Å². The molecule has 0 aliphatic heterocycles. The summed E-state index contributed by atoms with van der Waals surface area (Å²) in [7, 11) is 3.65. The number of nitrogens with one attached hydrogen (secondary N) is 1. The number of rotatable bonds is 7. The van der Waals surface area contributed by atoms with Gasteiger partial charge in [0.2, 0.25) is 17.8 Å². The third-order valence-corrected chi connectivity index (χ3v) is 2.78. The molecule has 0 aliphatic carbocycles. The van der Waals surface area contributed by atoms with Crippen molar-refractivity contribution in [3.63, 3.8) is 0 Å². The van der Waals surface area contributed by atoms with Gasteiger partial charge in [-0.3, -0.25) is 0 Å². The van der Waals surface area contributed by atoms with Gasteiger partial charge in [-0.1, -0.05) is 0 Å². The second kappa shape index (κ2) is 7.36. The fraction of sp³-hybridized carbons (Fsp3) is 0.667. The number of hydrogen-bond acceptors (Lipinski definition) is 7. The molecule has 0 spiro atoms. The molecule has 0 aliphatic rings. The summed E-state index contributed by atoms with van der Waals surface area (Å²) in [6.45, 7) is 6.40. The lowest BCUT2D eigenvalue weighted by atomic mass is 10.4. The first-order valence-electron chi connectivity index (χ1n) is 6.43. The molecule has 7 heteroatoms. The van der Waals surface area contributed by atoms with Gasteiger partial charge in [0, 0.05) is 33.7 Å². The predicted octanol–water partition coefficient (Wildman–Crippen LogP) is 1.11. The largest absolute Gasteiger partial charge is 0.357 e. The Hall–Kier alpha value is -2.10. The van der Waals surface area contributed by atoms with Gasteiger partial charge in [0.05, 0.1) is 12.5 Å². The monoisotopic (exact) mass is 263 g/mol. The Morgan fingerprint density at radius 1 is 1.16 bits per heavy atom. The summed E-state index contributed by atoms with van der Waals surface area (Å²) in [6.07, 6.45) is 0.442. The fourth-order valence-corrected chi connectivity index (χ4v) is 1.60. The maximum absolute atomic E-state index is 8.63. The van der Waals surface area contributed by atoms with E-state index >= 15 is 0 Å². The first kappa shape index (κ1) is 15.0. The van der Waals surface area contributed by atoms with Crippen molar-refractivity contribution in [3.05, 3.63) is 0 Å². The Kier molecular flexibility index (Phi) is 5.79. The van der Waals surface area contributed by atoms with Gasteiger partial charge in [-0.15, -0.1) is 0 Å². The molecule has 1 heterocycles. The SMILES string of the molecule is CCN(CC)c1nc(NC)nc(N(C)CCC#N)n1. The van der Waals surface area contributed by atoms with Gasteiger partial charge in [-0.05, 0) is 13.8 Å². The topological polar surface area (TPSA) is 81.0 Å². The summed E-state index contributed by atoms with van der Waals surface area (Å²) in [5, 5.41) is 11.6. The van der Waals surface area contributed by atoms with Crippen LogP contribution in [-0.4, -0.2) is 48.7 Å². The van der Waals surface area contributed by atoms with E-state index in [1.807, 2.05) is 11.9 Å². The highest BCUT2D eigenvalue weighted by Crippen LogP contribution is 2.15. The lowest BCUT2D eigenvalue weighted by Crippen LogP contribution is -2.27. The highest BCUT2D eigenvalue weighted by molar-refractivity contribution is 5.44. The first-order chi connectivity index (χ1) is 9.15. The van der Waals surface area contributed by atoms with E-state index in [1.54, 1.807) is 7.05 Å². The minimum atomic E-state index is 0.442. The van der Waals surface area contributed by atoms with Crippen molar-refractivity contribution in [2.75, 3.05) is 48.8 Å². The van der Waals surface area contributed by atoms with Crippen LogP contribution in [0.4, 0.5) is 17.8 Å². The Balaban J connectivity index is 3.04. The summed E-state index contributed by atoms with van der Waals surface area (Å²) in [4.78, 5) is 17.0. The Morgan fingerprint density at radius 2 is 1.79 bits per heavy atom. The Labute approximate surface area is 114 Å². The maximum Gasteiger partial charge on any atom is 0.231 e. The van der Waals surface area contributed by atoms with Crippen LogP contribution in [0.3, 0.4) is 0 Å². The molecule has 0 radical (unpaired) electrons. The van der Waals surface area contributed by atoms with Crippen molar-refractivity contribution in [1.82, 2.24) is 15.0 Å². The number of hydrogen-bond donors (Lipinski definition) is 1. The summed E-state index contributed by atoms with van der Waals surface area (Å²) in [5.74, 6) is 1.77. The first-order valence-corrected chi connectivity index (χ1v) is 6.43. The fourth-order valence-electron chi connectivity index (χ4n) is 1.60. The second-order valence-electron chi connectivity index (χ2n) is 4.01. The van der Waals surface area contributed by atoms with Crippen LogP contribution in [0, 0.1) is 11.3 Å². The van der Waals surface area contributed by atoms with Crippen molar-refractivity contribution in [1.29, 1.82) is 5.26 Å². The minimum absolute atomic E-state index is 0.442. The highest BCUT2D eigenvalue weighted by Gasteiger charge is 2.12. The van der Waals surface area contributed by atoms with Crippen LogP contribution in [0.1, 0.15) is 20.3 Å². The van der Waals surface area contributed by atoms with Gasteiger partial charge in [0.15, 0.2) is 0 Å². The van der Waals surface area contributed by atoms with Gasteiger partial charge in [0.25, 0.3) is 0 Å². The van der Waals surface area contributed by atoms with Gasteiger partial charge in [0.1, 0.15) is 0 Å². The van der Waals surface area contributed by atoms with E-state index in [-0.39, 0.29) is 0 Å². The zero-order valence-corrected chi connectivity index (χ0v) is 12.0. The molecule has 0 atom stereocenters. The summed E-state index contributed by atoms with van der Waals surface area (Å²) in [6, 6.07) is 2.12. The van der Waals surface area contributed by atoms with Crippen molar-refractivity contribution >= 4 is 17.8 Å². The summed E-state index contributed by atoms with van der Waals surface area (Å²) < 4.78 is 0. The molecule has 1 N–H and O–H groups in total. The normalized spacial score (nSPS) is 9.84. The zero-order valence-electron chi connectivity index (χ0n) is 12.0. The maximum atomic E-state index is 8.63. The molecule has 0 bridgehead atoms. The van der Waals surface area contributed by atoms with Gasteiger partial charge < -0.3 is 15.1 Å². The van der Waals surface area contributed by atoms with E-state index in [0.29, 0.717) is 30.8 Å². The number of nitriles is 1. The molecule has 104 valence electrons. The molecular formula is C12H21N7. The van der Waals surface area contributed by atoms with Crippen molar-refractivity contribution in [2.45, 2.75) is 20.3 Å². The molecule has 1 aromatic rings. The lowest BCUT2D eigenvalue weighted by molar-refractivity contribution is 0.792. The van der Waals surface area contributed by atoms with Crippen molar-refractivity contribution < 1.29 is 0 Å². The molecule has 1 aromatic heterocycles. The average Bonchev–Trinajstić information content (AvgIpc) is 2.45. The molecule has 7 nitrogen and oxygen atoms in total. The highest BCUT2D eigenvalue weighted by atomic mass is 15.3. The van der Waals surface area contributed by atoms with E-state index in [2.05, 4.69) is 45.1 Å². The average molecular weight is 263 g/mol. The Morgan fingerprint density at radius 3 is 2.32 bits per heavy atom. The Bertz CT molecular complexity index is 436. The van der Waals surface area contributed by atoms with Crippen LogP contribution < -0.4 is 15.1 Å². The van der Waals surface area contributed by atoms with Crippen LogP contribution in [0.25, 0.3) is 0 Å². The number of nitrogens with zero attached hydrogens (tertiary/aromatic N) is 6. The van der Waals surface area contributed by atoms with E-state index in [4.69, 9.17) is 5.26 Å². The standard InChI is InChI=1S/C12H21N7/c1-5-19(6-2)12-16-10(14-3)15-11(17-12)18(4)9-7-8-13/h5-7,9H2,1-4H3,(H,14,15,16,17). The quantitative estimate of drug-likeness (QED) is 0.789. The van der Waals surface area contributed by atoms with Crippen molar-refractivity contribution in [2.24, 2.45) is 0 Å². The van der Waals surface area contributed by atoms with Crippen LogP contribution in [0.15, 0.2) is 0 Å². The van der Waals surface area contributed by atoms with Crippen LogP contribution >= 0.6 is 0 Å². The van der Waals surface area contributed by atoms with Crippen LogP contribution in [0.2, 0.25) is 0 Å². The summed E-state index contributed by atoms with van der Waals surface area (Å²) in [5.41, 5.74) is 0. The van der Waals surface area contributed by atoms with Gasteiger partial charge >= 0.3 is 0 Å². The number of aromatic nitrogens is 3. The third-order valence-electron chi connectivity index (χ3n) is 2.78. The van der Waals surface area contributed by atoms with Crippen LogP contribution in [-0.2, 0) is 0 Å².